The van der Waals surface area contributed by atoms with Gasteiger partial charge in [-0.05, 0) is 6.42 Å². The highest BCUT2D eigenvalue weighted by atomic mass is 16.4. The van der Waals surface area contributed by atoms with Crippen LogP contribution in [0, 0.1) is 0 Å². The SMILES string of the molecule is CC(C)(C)c1cnc(CN2CC[C@@H](N)C2)o1. The van der Waals surface area contributed by atoms with E-state index in [4.69, 9.17) is 10.2 Å². The van der Waals surface area contributed by atoms with Gasteiger partial charge in [0.15, 0.2) is 0 Å². The Balaban J connectivity index is 1.98. The number of oxazole rings is 1. The maximum atomic E-state index is 5.86. The van der Waals surface area contributed by atoms with E-state index in [9.17, 15) is 0 Å². The summed E-state index contributed by atoms with van der Waals surface area (Å²) in [5, 5.41) is 0. The minimum Gasteiger partial charge on any atom is -0.444 e. The van der Waals surface area contributed by atoms with Crippen LogP contribution in [0.2, 0.25) is 0 Å². The highest BCUT2D eigenvalue weighted by Crippen LogP contribution is 2.23. The van der Waals surface area contributed by atoms with Crippen LogP contribution in [0.4, 0.5) is 0 Å². The fourth-order valence-corrected chi connectivity index (χ4v) is 1.93. The lowest BCUT2D eigenvalue weighted by atomic mass is 9.94. The van der Waals surface area contributed by atoms with Crippen molar-refractivity contribution in [2.75, 3.05) is 13.1 Å². The average Bonchev–Trinajstić information content (AvgIpc) is 2.74. The van der Waals surface area contributed by atoms with Crippen molar-refractivity contribution in [1.29, 1.82) is 0 Å². The van der Waals surface area contributed by atoms with Crippen LogP contribution in [-0.2, 0) is 12.0 Å². The molecule has 16 heavy (non-hydrogen) atoms. The summed E-state index contributed by atoms with van der Waals surface area (Å²) in [4.78, 5) is 6.62. The number of likely N-dealkylation sites (tertiary alicyclic amines) is 1. The Morgan fingerprint density at radius 3 is 2.81 bits per heavy atom. The van der Waals surface area contributed by atoms with Gasteiger partial charge in [-0.15, -0.1) is 0 Å². The molecule has 0 spiro atoms. The Labute approximate surface area is 96.8 Å². The second-order valence-corrected chi connectivity index (χ2v) is 5.65. The van der Waals surface area contributed by atoms with Crippen molar-refractivity contribution in [2.24, 2.45) is 5.73 Å². The summed E-state index contributed by atoms with van der Waals surface area (Å²) in [7, 11) is 0. The summed E-state index contributed by atoms with van der Waals surface area (Å²) in [5.74, 6) is 1.75. The maximum absolute atomic E-state index is 5.86. The summed E-state index contributed by atoms with van der Waals surface area (Å²) < 4.78 is 5.75. The molecule has 0 saturated carbocycles. The molecule has 1 fully saturated rings. The van der Waals surface area contributed by atoms with Crippen LogP contribution in [0.3, 0.4) is 0 Å². The predicted molar refractivity (Wildman–Crippen MR) is 63.1 cm³/mol. The molecule has 0 bridgehead atoms. The van der Waals surface area contributed by atoms with Crippen LogP contribution in [0.25, 0.3) is 0 Å². The molecule has 1 atom stereocenters. The van der Waals surface area contributed by atoms with Gasteiger partial charge in [0.05, 0.1) is 12.7 Å². The normalized spacial score (nSPS) is 22.9. The van der Waals surface area contributed by atoms with E-state index >= 15 is 0 Å². The summed E-state index contributed by atoms with van der Waals surface area (Å²) in [6.45, 7) is 9.17. The fraction of sp³-hybridized carbons (Fsp3) is 0.750. The lowest BCUT2D eigenvalue weighted by molar-refractivity contribution is 0.274. The van der Waals surface area contributed by atoms with Crippen molar-refractivity contribution >= 4 is 0 Å². The maximum Gasteiger partial charge on any atom is 0.208 e. The van der Waals surface area contributed by atoms with Crippen LogP contribution in [0.1, 0.15) is 38.8 Å². The summed E-state index contributed by atoms with van der Waals surface area (Å²) >= 11 is 0. The van der Waals surface area contributed by atoms with Gasteiger partial charge >= 0.3 is 0 Å². The number of aromatic nitrogens is 1. The number of nitrogens with two attached hydrogens (primary N) is 1. The van der Waals surface area contributed by atoms with Crippen LogP contribution >= 0.6 is 0 Å². The first kappa shape index (κ1) is 11.6. The molecular formula is C12H21N3O. The molecule has 2 N–H and O–H groups in total. The van der Waals surface area contributed by atoms with Gasteiger partial charge in [-0.2, -0.15) is 0 Å². The Morgan fingerprint density at radius 1 is 1.56 bits per heavy atom. The third-order valence-corrected chi connectivity index (χ3v) is 2.96. The fourth-order valence-electron chi connectivity index (χ4n) is 1.93. The van der Waals surface area contributed by atoms with E-state index < -0.39 is 0 Å². The largest absolute Gasteiger partial charge is 0.444 e. The average molecular weight is 223 g/mol. The molecule has 0 unspecified atom stereocenters. The first-order valence-corrected chi connectivity index (χ1v) is 5.88. The van der Waals surface area contributed by atoms with Gasteiger partial charge in [-0.25, -0.2) is 4.98 Å². The second-order valence-electron chi connectivity index (χ2n) is 5.65. The molecule has 1 aromatic rings. The molecule has 4 heteroatoms. The summed E-state index contributed by atoms with van der Waals surface area (Å²) in [6.07, 6.45) is 2.91. The predicted octanol–water partition coefficient (Wildman–Crippen LogP) is 1.51. The molecule has 1 aromatic heterocycles. The van der Waals surface area contributed by atoms with Crippen molar-refractivity contribution in [1.82, 2.24) is 9.88 Å². The lowest BCUT2D eigenvalue weighted by Gasteiger charge is -2.14. The van der Waals surface area contributed by atoms with Crippen LogP contribution in [0.15, 0.2) is 10.6 Å². The number of hydrogen-bond acceptors (Lipinski definition) is 4. The van der Waals surface area contributed by atoms with E-state index in [-0.39, 0.29) is 5.41 Å². The van der Waals surface area contributed by atoms with E-state index in [1.165, 1.54) is 0 Å². The molecule has 1 saturated heterocycles. The molecule has 2 rings (SSSR count). The third-order valence-electron chi connectivity index (χ3n) is 2.96. The molecule has 90 valence electrons. The number of rotatable bonds is 2. The van der Waals surface area contributed by atoms with Crippen molar-refractivity contribution < 1.29 is 4.42 Å². The van der Waals surface area contributed by atoms with Gasteiger partial charge in [0.1, 0.15) is 5.76 Å². The minimum atomic E-state index is 0.0344. The summed E-state index contributed by atoms with van der Waals surface area (Å²) in [6, 6.07) is 0.317. The quantitative estimate of drug-likeness (QED) is 0.825. The Kier molecular flexibility index (Phi) is 3.04. The minimum absolute atomic E-state index is 0.0344. The van der Waals surface area contributed by atoms with E-state index in [1.54, 1.807) is 0 Å². The molecule has 4 nitrogen and oxygen atoms in total. The topological polar surface area (TPSA) is 55.3 Å². The van der Waals surface area contributed by atoms with Gasteiger partial charge in [0, 0.05) is 24.5 Å². The zero-order chi connectivity index (χ0) is 11.8. The van der Waals surface area contributed by atoms with Gasteiger partial charge < -0.3 is 10.2 Å². The Morgan fingerprint density at radius 2 is 2.31 bits per heavy atom. The number of hydrogen-bond donors (Lipinski definition) is 1. The Bertz CT molecular complexity index is 353. The van der Waals surface area contributed by atoms with Crippen molar-refractivity contribution in [2.45, 2.75) is 45.2 Å². The molecule has 1 aliphatic rings. The molecule has 1 aliphatic heterocycles. The Hall–Kier alpha value is -0.870. The monoisotopic (exact) mass is 223 g/mol. The van der Waals surface area contributed by atoms with Crippen molar-refractivity contribution in [3.05, 3.63) is 17.8 Å². The highest BCUT2D eigenvalue weighted by molar-refractivity contribution is 5.06. The second kappa shape index (κ2) is 4.18. The summed E-state index contributed by atoms with van der Waals surface area (Å²) in [5.41, 5.74) is 5.89. The van der Waals surface area contributed by atoms with Gasteiger partial charge in [0.25, 0.3) is 0 Å². The first-order valence-electron chi connectivity index (χ1n) is 5.88. The molecule has 0 aromatic carbocycles. The van der Waals surface area contributed by atoms with E-state index in [2.05, 4.69) is 30.7 Å². The van der Waals surface area contributed by atoms with E-state index in [1.807, 2.05) is 6.20 Å². The van der Waals surface area contributed by atoms with Gasteiger partial charge in [-0.1, -0.05) is 20.8 Å². The van der Waals surface area contributed by atoms with E-state index in [0.29, 0.717) is 6.04 Å². The molecular weight excluding hydrogens is 202 g/mol. The van der Waals surface area contributed by atoms with Crippen LogP contribution in [0.5, 0.6) is 0 Å². The van der Waals surface area contributed by atoms with E-state index in [0.717, 1.165) is 37.7 Å². The first-order chi connectivity index (χ1) is 7.45. The van der Waals surface area contributed by atoms with Gasteiger partial charge in [-0.3, -0.25) is 4.90 Å². The lowest BCUT2D eigenvalue weighted by Crippen LogP contribution is -2.26. The number of nitrogens with zero attached hydrogens (tertiary/aromatic N) is 2. The molecule has 0 amide bonds. The van der Waals surface area contributed by atoms with Gasteiger partial charge in [0.2, 0.25) is 5.89 Å². The highest BCUT2D eigenvalue weighted by Gasteiger charge is 2.23. The van der Waals surface area contributed by atoms with Crippen LogP contribution in [-0.4, -0.2) is 29.0 Å². The smallest absolute Gasteiger partial charge is 0.208 e. The van der Waals surface area contributed by atoms with Crippen molar-refractivity contribution in [3.63, 3.8) is 0 Å². The zero-order valence-corrected chi connectivity index (χ0v) is 10.4. The van der Waals surface area contributed by atoms with Crippen LogP contribution < -0.4 is 5.73 Å². The molecule has 0 aliphatic carbocycles. The van der Waals surface area contributed by atoms with Crippen molar-refractivity contribution in [3.8, 4) is 0 Å². The molecule has 2 heterocycles. The zero-order valence-electron chi connectivity index (χ0n) is 10.4. The molecule has 0 radical (unpaired) electrons. The standard InChI is InChI=1S/C12H21N3O/c1-12(2,3)10-6-14-11(16-10)8-15-5-4-9(13)7-15/h6,9H,4-5,7-8,13H2,1-3H3/t9-/m1/s1. The third kappa shape index (κ3) is 2.62.